The van der Waals surface area contributed by atoms with Crippen molar-refractivity contribution >= 4 is 23.9 Å². The van der Waals surface area contributed by atoms with Crippen molar-refractivity contribution in [2.75, 3.05) is 26.4 Å². The topological polar surface area (TPSA) is 105 Å². The number of hydrogen-bond donors (Lipinski definition) is 0. The lowest BCUT2D eigenvalue weighted by molar-refractivity contribution is -0.173. The summed E-state index contributed by atoms with van der Waals surface area (Å²) in [5.74, 6) is -0.740. The van der Waals surface area contributed by atoms with Gasteiger partial charge in [0.2, 0.25) is 0 Å². The Morgan fingerprint density at radius 1 is 0.719 bits per heavy atom. The van der Waals surface area contributed by atoms with Gasteiger partial charge in [-0.3, -0.25) is 19.2 Å². The summed E-state index contributed by atoms with van der Waals surface area (Å²) in [5.41, 5.74) is -3.36. The molecule has 0 heterocycles. The van der Waals surface area contributed by atoms with Crippen molar-refractivity contribution in [3.8, 4) is 12.3 Å². The molecule has 0 fully saturated rings. The molecule has 0 rings (SSSR count). The van der Waals surface area contributed by atoms with Gasteiger partial charge in [-0.15, -0.1) is 18.9 Å². The molecule has 178 valence electrons. The number of terminal acetylenes is 1. The van der Waals surface area contributed by atoms with Crippen molar-refractivity contribution in [2.24, 2.45) is 10.8 Å². The van der Waals surface area contributed by atoms with Crippen LogP contribution in [0.1, 0.15) is 53.4 Å². The average Bonchev–Trinajstić information content (AvgIpc) is 2.75. The summed E-state index contributed by atoms with van der Waals surface area (Å²) in [4.78, 5) is 50.6. The zero-order valence-electron chi connectivity index (χ0n) is 19.4. The quantitative estimate of drug-likeness (QED) is 0.123. The van der Waals surface area contributed by atoms with Crippen LogP contribution in [0.2, 0.25) is 0 Å². The standard InChI is InChI=1S/C24H34O8/c1-7-15-23(19(25)29-9-3,20(26)30-10-4)17-13-14-18-24(16-8-2,21(27)31-11-5)22(28)32-12-6/h1,8,13-14H,2,9-12,15-18H2,3-6H3/b14-13+. The molecule has 8 nitrogen and oxygen atoms in total. The van der Waals surface area contributed by atoms with Crippen molar-refractivity contribution in [3.63, 3.8) is 0 Å². The minimum Gasteiger partial charge on any atom is -0.465 e. The van der Waals surface area contributed by atoms with Crippen LogP contribution in [0, 0.1) is 23.2 Å². The van der Waals surface area contributed by atoms with Gasteiger partial charge < -0.3 is 18.9 Å². The predicted octanol–water partition coefficient (Wildman–Crippen LogP) is 3.15. The number of rotatable bonds is 15. The summed E-state index contributed by atoms with van der Waals surface area (Å²) in [6.45, 7) is 10.4. The Labute approximate surface area is 190 Å². The van der Waals surface area contributed by atoms with E-state index in [1.54, 1.807) is 27.7 Å². The zero-order chi connectivity index (χ0) is 24.6. The lowest BCUT2D eigenvalue weighted by Gasteiger charge is -2.28. The molecule has 0 atom stereocenters. The summed E-state index contributed by atoms with van der Waals surface area (Å²) in [5, 5.41) is 0. The number of carbonyl (C=O) groups excluding carboxylic acids is 4. The molecule has 0 unspecified atom stereocenters. The third-order valence-corrected chi connectivity index (χ3v) is 4.66. The number of ether oxygens (including phenoxy) is 4. The molecule has 32 heavy (non-hydrogen) atoms. The zero-order valence-corrected chi connectivity index (χ0v) is 19.4. The van der Waals surface area contributed by atoms with Gasteiger partial charge in [0.05, 0.1) is 26.4 Å². The van der Waals surface area contributed by atoms with Gasteiger partial charge >= 0.3 is 23.9 Å². The van der Waals surface area contributed by atoms with E-state index in [0.29, 0.717) is 0 Å². The SMILES string of the molecule is C#CCC(C/C=C/CC(CC=C)(C(=O)OCC)C(=O)OCC)(C(=O)OCC)C(=O)OCC. The summed E-state index contributed by atoms with van der Waals surface area (Å²) in [6.07, 6.45) is 9.40. The van der Waals surface area contributed by atoms with Gasteiger partial charge in [0.25, 0.3) is 0 Å². The van der Waals surface area contributed by atoms with Gasteiger partial charge in [-0.2, -0.15) is 0 Å². The van der Waals surface area contributed by atoms with E-state index in [1.165, 1.54) is 18.2 Å². The average molecular weight is 451 g/mol. The Morgan fingerprint density at radius 3 is 1.38 bits per heavy atom. The maximum Gasteiger partial charge on any atom is 0.324 e. The van der Waals surface area contributed by atoms with E-state index in [4.69, 9.17) is 25.4 Å². The second-order valence-electron chi connectivity index (χ2n) is 6.80. The molecule has 0 radical (unpaired) electrons. The summed E-state index contributed by atoms with van der Waals surface area (Å²) in [7, 11) is 0. The molecule has 0 aromatic heterocycles. The van der Waals surface area contributed by atoms with Gasteiger partial charge in [-0.1, -0.05) is 18.2 Å². The molecule has 0 aromatic carbocycles. The van der Waals surface area contributed by atoms with Crippen LogP contribution >= 0.6 is 0 Å². The Bertz CT molecular complexity index is 693. The molecule has 0 aliphatic heterocycles. The molecule has 0 saturated carbocycles. The van der Waals surface area contributed by atoms with Crippen molar-refractivity contribution < 1.29 is 38.1 Å². The normalized spacial score (nSPS) is 11.3. The van der Waals surface area contributed by atoms with Crippen LogP contribution in [-0.4, -0.2) is 50.3 Å². The predicted molar refractivity (Wildman–Crippen MR) is 118 cm³/mol. The minimum atomic E-state index is -1.73. The molecule has 0 aliphatic rings. The first-order valence-corrected chi connectivity index (χ1v) is 10.6. The first-order chi connectivity index (χ1) is 15.3. The fourth-order valence-corrected chi connectivity index (χ4v) is 3.03. The Kier molecular flexibility index (Phi) is 13.4. The number of carbonyl (C=O) groups is 4. The van der Waals surface area contributed by atoms with Crippen LogP contribution in [0.5, 0.6) is 0 Å². The molecule has 0 N–H and O–H groups in total. The highest BCUT2D eigenvalue weighted by Gasteiger charge is 2.49. The first-order valence-electron chi connectivity index (χ1n) is 10.6. The fourth-order valence-electron chi connectivity index (χ4n) is 3.03. The van der Waals surface area contributed by atoms with E-state index in [0.717, 1.165) is 0 Å². The lowest BCUT2D eigenvalue weighted by atomic mass is 9.78. The molecular weight excluding hydrogens is 416 g/mol. The smallest absolute Gasteiger partial charge is 0.324 e. The van der Waals surface area contributed by atoms with Crippen molar-refractivity contribution in [3.05, 3.63) is 24.8 Å². The number of esters is 4. The van der Waals surface area contributed by atoms with Gasteiger partial charge in [0.1, 0.15) is 0 Å². The van der Waals surface area contributed by atoms with Crippen LogP contribution in [0.4, 0.5) is 0 Å². The Balaban J connectivity index is 6.03. The second kappa shape index (κ2) is 14.8. The van der Waals surface area contributed by atoms with E-state index in [-0.39, 0.29) is 52.1 Å². The largest absolute Gasteiger partial charge is 0.465 e. The van der Waals surface area contributed by atoms with Crippen LogP contribution in [0.15, 0.2) is 24.8 Å². The molecule has 0 aliphatic carbocycles. The van der Waals surface area contributed by atoms with Crippen LogP contribution in [-0.2, 0) is 38.1 Å². The maximum absolute atomic E-state index is 12.7. The summed E-state index contributed by atoms with van der Waals surface area (Å²) < 4.78 is 20.4. The summed E-state index contributed by atoms with van der Waals surface area (Å²) >= 11 is 0. The Hall–Kier alpha value is -3.08. The first kappa shape index (κ1) is 28.9. The van der Waals surface area contributed by atoms with Crippen LogP contribution in [0.3, 0.4) is 0 Å². The summed E-state index contributed by atoms with van der Waals surface area (Å²) in [6, 6.07) is 0. The molecule has 0 saturated heterocycles. The number of hydrogen-bond acceptors (Lipinski definition) is 8. The molecule has 0 aromatic rings. The van der Waals surface area contributed by atoms with Gasteiger partial charge in [0, 0.05) is 6.42 Å². The lowest BCUT2D eigenvalue weighted by Crippen LogP contribution is -2.42. The van der Waals surface area contributed by atoms with E-state index >= 15 is 0 Å². The van der Waals surface area contributed by atoms with E-state index in [9.17, 15) is 19.2 Å². The highest BCUT2D eigenvalue weighted by atomic mass is 16.6. The number of allylic oxidation sites excluding steroid dienone is 3. The highest BCUT2D eigenvalue weighted by Crippen LogP contribution is 2.34. The Morgan fingerprint density at radius 2 is 1.06 bits per heavy atom. The third kappa shape index (κ3) is 7.26. The maximum atomic E-state index is 12.7. The van der Waals surface area contributed by atoms with Crippen molar-refractivity contribution in [2.45, 2.75) is 53.4 Å². The molecule has 0 bridgehead atoms. The molecule has 8 heteroatoms. The monoisotopic (exact) mass is 450 g/mol. The van der Waals surface area contributed by atoms with Gasteiger partial charge in [-0.25, -0.2) is 0 Å². The molecular formula is C24H34O8. The molecule has 0 spiro atoms. The van der Waals surface area contributed by atoms with Crippen LogP contribution in [0.25, 0.3) is 0 Å². The van der Waals surface area contributed by atoms with Crippen molar-refractivity contribution in [1.82, 2.24) is 0 Å². The second-order valence-corrected chi connectivity index (χ2v) is 6.80. The van der Waals surface area contributed by atoms with E-state index in [2.05, 4.69) is 12.5 Å². The van der Waals surface area contributed by atoms with Gasteiger partial charge in [-0.05, 0) is 47.0 Å². The van der Waals surface area contributed by atoms with Crippen molar-refractivity contribution in [1.29, 1.82) is 0 Å². The van der Waals surface area contributed by atoms with E-state index in [1.807, 2.05) is 0 Å². The molecule has 0 amide bonds. The minimum absolute atomic E-state index is 0.0136. The fraction of sp³-hybridized carbons (Fsp3) is 0.583. The van der Waals surface area contributed by atoms with Gasteiger partial charge in [0.15, 0.2) is 10.8 Å². The van der Waals surface area contributed by atoms with E-state index < -0.39 is 34.7 Å². The third-order valence-electron chi connectivity index (χ3n) is 4.66. The highest BCUT2D eigenvalue weighted by molar-refractivity contribution is 6.01. The van der Waals surface area contributed by atoms with Crippen LogP contribution < -0.4 is 0 Å².